The van der Waals surface area contributed by atoms with Crippen LogP contribution in [0.25, 0.3) is 0 Å². The Labute approximate surface area is 104 Å². The molecule has 4 heteroatoms. The van der Waals surface area contributed by atoms with Crippen LogP contribution in [0.1, 0.15) is 11.1 Å². The standard InChI is InChI=1S/C14H10FNO2/c15-13-7-11(9-17)4-5-14(13)18-12-3-1-2-10(6-12)8-16/h1-7,17H,9H2. The van der Waals surface area contributed by atoms with Crippen LogP contribution in [0, 0.1) is 17.1 Å². The molecule has 0 aromatic heterocycles. The van der Waals surface area contributed by atoms with Crippen molar-refractivity contribution in [2.45, 2.75) is 6.61 Å². The molecular formula is C14H10FNO2. The highest BCUT2D eigenvalue weighted by Gasteiger charge is 2.06. The van der Waals surface area contributed by atoms with Crippen LogP contribution in [-0.4, -0.2) is 5.11 Å². The first-order valence-electron chi connectivity index (χ1n) is 5.30. The highest BCUT2D eigenvalue weighted by atomic mass is 19.1. The van der Waals surface area contributed by atoms with Gasteiger partial charge in [0.2, 0.25) is 0 Å². The van der Waals surface area contributed by atoms with E-state index in [0.717, 1.165) is 0 Å². The molecule has 0 aliphatic carbocycles. The Morgan fingerprint density at radius 1 is 1.22 bits per heavy atom. The number of aliphatic hydroxyl groups is 1. The minimum atomic E-state index is -0.552. The molecule has 0 saturated carbocycles. The van der Waals surface area contributed by atoms with Gasteiger partial charge in [0.25, 0.3) is 0 Å². The summed E-state index contributed by atoms with van der Waals surface area (Å²) < 4.78 is 18.9. The first kappa shape index (κ1) is 12.1. The molecule has 0 heterocycles. The SMILES string of the molecule is N#Cc1cccc(Oc2ccc(CO)cc2F)c1. The molecule has 90 valence electrons. The predicted molar refractivity (Wildman–Crippen MR) is 63.6 cm³/mol. The predicted octanol–water partition coefficient (Wildman–Crippen LogP) is 2.98. The van der Waals surface area contributed by atoms with Gasteiger partial charge in [-0.05, 0) is 35.9 Å². The summed E-state index contributed by atoms with van der Waals surface area (Å²) in [6.07, 6.45) is 0. The van der Waals surface area contributed by atoms with Crippen molar-refractivity contribution in [2.24, 2.45) is 0 Å². The van der Waals surface area contributed by atoms with Gasteiger partial charge in [0, 0.05) is 0 Å². The van der Waals surface area contributed by atoms with E-state index in [9.17, 15) is 4.39 Å². The summed E-state index contributed by atoms with van der Waals surface area (Å²) in [6.45, 7) is -0.221. The van der Waals surface area contributed by atoms with Crippen LogP contribution >= 0.6 is 0 Å². The van der Waals surface area contributed by atoms with Gasteiger partial charge >= 0.3 is 0 Å². The van der Waals surface area contributed by atoms with Gasteiger partial charge in [-0.25, -0.2) is 4.39 Å². The number of halogens is 1. The van der Waals surface area contributed by atoms with E-state index in [1.54, 1.807) is 24.3 Å². The van der Waals surface area contributed by atoms with Crippen molar-refractivity contribution in [3.05, 3.63) is 59.4 Å². The van der Waals surface area contributed by atoms with E-state index in [-0.39, 0.29) is 12.4 Å². The van der Waals surface area contributed by atoms with Gasteiger partial charge < -0.3 is 9.84 Å². The number of aliphatic hydroxyl groups excluding tert-OH is 1. The van der Waals surface area contributed by atoms with Crippen LogP contribution in [0.4, 0.5) is 4.39 Å². The third kappa shape index (κ3) is 2.65. The molecule has 0 spiro atoms. The molecule has 0 bridgehead atoms. The number of ether oxygens (including phenoxy) is 1. The molecule has 0 unspecified atom stereocenters. The van der Waals surface area contributed by atoms with Crippen molar-refractivity contribution in [1.29, 1.82) is 5.26 Å². The summed E-state index contributed by atoms with van der Waals surface area (Å²) in [4.78, 5) is 0. The second-order valence-electron chi connectivity index (χ2n) is 3.66. The van der Waals surface area contributed by atoms with E-state index in [1.807, 2.05) is 6.07 Å². The molecule has 2 aromatic carbocycles. The van der Waals surface area contributed by atoms with E-state index >= 15 is 0 Å². The molecule has 0 atom stereocenters. The largest absolute Gasteiger partial charge is 0.454 e. The Bertz CT molecular complexity index is 605. The van der Waals surface area contributed by atoms with Crippen molar-refractivity contribution in [3.63, 3.8) is 0 Å². The van der Waals surface area contributed by atoms with Crippen LogP contribution < -0.4 is 4.74 Å². The first-order valence-corrected chi connectivity index (χ1v) is 5.30. The smallest absolute Gasteiger partial charge is 0.166 e. The van der Waals surface area contributed by atoms with E-state index in [4.69, 9.17) is 15.1 Å². The summed E-state index contributed by atoms with van der Waals surface area (Å²) in [5, 5.41) is 17.6. The third-order valence-electron chi connectivity index (χ3n) is 2.37. The number of hydrogen-bond donors (Lipinski definition) is 1. The molecule has 1 N–H and O–H groups in total. The minimum absolute atomic E-state index is 0.0577. The van der Waals surface area contributed by atoms with E-state index in [2.05, 4.69) is 0 Å². The lowest BCUT2D eigenvalue weighted by molar-refractivity contribution is 0.281. The summed E-state index contributed by atoms with van der Waals surface area (Å²) in [5.41, 5.74) is 0.922. The van der Waals surface area contributed by atoms with Crippen LogP contribution in [0.5, 0.6) is 11.5 Å². The van der Waals surface area contributed by atoms with Crippen molar-refractivity contribution in [1.82, 2.24) is 0 Å². The summed E-state index contributed by atoms with van der Waals surface area (Å²) in [7, 11) is 0. The van der Waals surface area contributed by atoms with Crippen LogP contribution in [0.2, 0.25) is 0 Å². The maximum absolute atomic E-state index is 13.6. The molecule has 18 heavy (non-hydrogen) atoms. The Morgan fingerprint density at radius 2 is 2.06 bits per heavy atom. The average molecular weight is 243 g/mol. The van der Waals surface area contributed by atoms with Gasteiger partial charge in [0.05, 0.1) is 18.2 Å². The van der Waals surface area contributed by atoms with Gasteiger partial charge in [0.15, 0.2) is 11.6 Å². The summed E-state index contributed by atoms with van der Waals surface area (Å²) in [6, 6.07) is 12.7. The molecule has 0 fully saturated rings. The van der Waals surface area contributed by atoms with Crippen LogP contribution in [0.15, 0.2) is 42.5 Å². The summed E-state index contributed by atoms with van der Waals surface area (Å²) in [5.74, 6) is -0.101. The third-order valence-corrected chi connectivity index (χ3v) is 2.37. The Kier molecular flexibility index (Phi) is 3.56. The number of nitrogens with zero attached hydrogens (tertiary/aromatic N) is 1. The molecular weight excluding hydrogens is 233 g/mol. The second kappa shape index (κ2) is 5.30. The van der Waals surface area contributed by atoms with Gasteiger partial charge in [-0.3, -0.25) is 0 Å². The Morgan fingerprint density at radius 3 is 2.72 bits per heavy atom. The van der Waals surface area contributed by atoms with E-state index < -0.39 is 5.82 Å². The van der Waals surface area contributed by atoms with Crippen molar-refractivity contribution >= 4 is 0 Å². The lowest BCUT2D eigenvalue weighted by Gasteiger charge is -2.07. The Balaban J connectivity index is 2.26. The topological polar surface area (TPSA) is 53.2 Å². The molecule has 0 amide bonds. The zero-order valence-electron chi connectivity index (χ0n) is 9.43. The fourth-order valence-corrected chi connectivity index (χ4v) is 1.48. The summed E-state index contributed by atoms with van der Waals surface area (Å²) >= 11 is 0. The molecule has 0 aliphatic rings. The van der Waals surface area contributed by atoms with Gasteiger partial charge in [0.1, 0.15) is 5.75 Å². The van der Waals surface area contributed by atoms with Crippen LogP contribution in [0.3, 0.4) is 0 Å². The molecule has 3 nitrogen and oxygen atoms in total. The molecule has 2 rings (SSSR count). The fourth-order valence-electron chi connectivity index (χ4n) is 1.48. The zero-order chi connectivity index (χ0) is 13.0. The fraction of sp³-hybridized carbons (Fsp3) is 0.0714. The maximum atomic E-state index is 13.6. The first-order chi connectivity index (χ1) is 8.72. The van der Waals surface area contributed by atoms with Crippen molar-refractivity contribution in [3.8, 4) is 17.6 Å². The van der Waals surface area contributed by atoms with Gasteiger partial charge in [-0.15, -0.1) is 0 Å². The monoisotopic (exact) mass is 243 g/mol. The van der Waals surface area contributed by atoms with E-state index in [1.165, 1.54) is 18.2 Å². The van der Waals surface area contributed by atoms with Crippen molar-refractivity contribution in [2.75, 3.05) is 0 Å². The molecule has 0 aliphatic heterocycles. The minimum Gasteiger partial charge on any atom is -0.454 e. The lowest BCUT2D eigenvalue weighted by Crippen LogP contribution is -1.91. The normalized spacial score (nSPS) is 9.83. The molecule has 0 saturated heterocycles. The second-order valence-corrected chi connectivity index (χ2v) is 3.66. The highest BCUT2D eigenvalue weighted by molar-refractivity contribution is 5.39. The maximum Gasteiger partial charge on any atom is 0.166 e. The number of nitriles is 1. The number of benzene rings is 2. The van der Waals surface area contributed by atoms with Gasteiger partial charge in [-0.2, -0.15) is 5.26 Å². The Hall–Kier alpha value is -2.38. The quantitative estimate of drug-likeness (QED) is 0.901. The lowest BCUT2D eigenvalue weighted by atomic mass is 10.2. The highest BCUT2D eigenvalue weighted by Crippen LogP contribution is 2.25. The number of hydrogen-bond acceptors (Lipinski definition) is 3. The van der Waals surface area contributed by atoms with Crippen LogP contribution in [-0.2, 0) is 6.61 Å². The number of rotatable bonds is 3. The zero-order valence-corrected chi connectivity index (χ0v) is 9.43. The van der Waals surface area contributed by atoms with Gasteiger partial charge in [-0.1, -0.05) is 12.1 Å². The van der Waals surface area contributed by atoms with Crippen molar-refractivity contribution < 1.29 is 14.2 Å². The molecule has 0 radical (unpaired) electrons. The van der Waals surface area contributed by atoms with E-state index in [0.29, 0.717) is 16.9 Å². The average Bonchev–Trinajstić information content (AvgIpc) is 2.41. The molecule has 2 aromatic rings.